The van der Waals surface area contributed by atoms with Crippen LogP contribution in [0.3, 0.4) is 0 Å². The van der Waals surface area contributed by atoms with Crippen LogP contribution in [0.1, 0.15) is 40.5 Å². The summed E-state index contributed by atoms with van der Waals surface area (Å²) in [6.45, 7) is 11.5. The van der Waals surface area contributed by atoms with Gasteiger partial charge < -0.3 is 10.2 Å². The molecule has 2 rings (SSSR count). The van der Waals surface area contributed by atoms with Crippen LogP contribution in [0.5, 0.6) is 0 Å². The Hall–Kier alpha value is -0.610. The number of nitrogens with one attached hydrogen (secondary N) is 2. The zero-order chi connectivity index (χ0) is 13.3. The van der Waals surface area contributed by atoms with E-state index in [1.54, 1.807) is 0 Å². The second-order valence-corrected chi connectivity index (χ2v) is 6.49. The molecule has 0 saturated carbocycles. The van der Waals surface area contributed by atoms with Gasteiger partial charge in [-0.3, -0.25) is 10.1 Å². The highest BCUT2D eigenvalue weighted by molar-refractivity contribution is 5.85. The smallest absolute Gasteiger partial charge is 0.241 e. The zero-order valence-corrected chi connectivity index (χ0v) is 12.1. The van der Waals surface area contributed by atoms with Crippen molar-refractivity contribution < 1.29 is 4.79 Å². The third-order valence-electron chi connectivity index (χ3n) is 4.12. The molecule has 2 heterocycles. The van der Waals surface area contributed by atoms with E-state index >= 15 is 0 Å². The molecule has 0 aromatic heterocycles. The van der Waals surface area contributed by atoms with Crippen molar-refractivity contribution in [2.45, 2.75) is 52.2 Å². The highest BCUT2D eigenvalue weighted by atomic mass is 16.2. The minimum atomic E-state index is -0.0818. The maximum Gasteiger partial charge on any atom is 0.241 e. The van der Waals surface area contributed by atoms with Gasteiger partial charge in [0.15, 0.2) is 0 Å². The molecule has 1 spiro atoms. The third kappa shape index (κ3) is 2.41. The maximum atomic E-state index is 12.6. The fraction of sp³-hybridized carbons (Fsp3) is 0.929. The fourth-order valence-electron chi connectivity index (χ4n) is 3.14. The van der Waals surface area contributed by atoms with Crippen LogP contribution in [0.25, 0.3) is 0 Å². The van der Waals surface area contributed by atoms with Crippen molar-refractivity contribution in [1.82, 2.24) is 15.5 Å². The van der Waals surface area contributed by atoms with E-state index in [1.165, 1.54) is 0 Å². The number of rotatable bonds is 3. The van der Waals surface area contributed by atoms with E-state index in [-0.39, 0.29) is 11.7 Å². The summed E-state index contributed by atoms with van der Waals surface area (Å²) in [4.78, 5) is 14.7. The van der Waals surface area contributed by atoms with E-state index in [1.807, 2.05) is 0 Å². The van der Waals surface area contributed by atoms with Gasteiger partial charge in [-0.15, -0.1) is 0 Å². The Morgan fingerprint density at radius 3 is 2.39 bits per heavy atom. The second-order valence-electron chi connectivity index (χ2n) is 6.49. The molecule has 0 aromatic rings. The topological polar surface area (TPSA) is 44.4 Å². The molecule has 1 atom stereocenters. The van der Waals surface area contributed by atoms with E-state index in [9.17, 15) is 4.79 Å². The predicted octanol–water partition coefficient (Wildman–Crippen LogP) is 1.18. The molecule has 0 aromatic carbocycles. The molecule has 0 aliphatic carbocycles. The Labute approximate surface area is 110 Å². The standard InChI is InChI=1S/C14H27N3O/c1-10(2)9-17-13(18)12(11(3)4)16-14(17)5-7-15-8-6-14/h10-12,15-16H,5-9H2,1-4H3. The van der Waals surface area contributed by atoms with Crippen molar-refractivity contribution in [3.63, 3.8) is 0 Å². The van der Waals surface area contributed by atoms with Crippen LogP contribution >= 0.6 is 0 Å². The summed E-state index contributed by atoms with van der Waals surface area (Å²) in [5.74, 6) is 1.19. The molecular weight excluding hydrogens is 226 g/mol. The normalized spacial score (nSPS) is 27.8. The fourth-order valence-corrected chi connectivity index (χ4v) is 3.14. The van der Waals surface area contributed by atoms with Crippen molar-refractivity contribution in [1.29, 1.82) is 0 Å². The molecule has 2 aliphatic heterocycles. The lowest BCUT2D eigenvalue weighted by molar-refractivity contribution is -0.134. The molecule has 4 nitrogen and oxygen atoms in total. The van der Waals surface area contributed by atoms with Crippen LogP contribution in [0.15, 0.2) is 0 Å². The Balaban J connectivity index is 2.22. The van der Waals surface area contributed by atoms with Gasteiger partial charge in [0.2, 0.25) is 5.91 Å². The van der Waals surface area contributed by atoms with Gasteiger partial charge in [-0.05, 0) is 37.8 Å². The molecule has 0 radical (unpaired) electrons. The predicted molar refractivity (Wildman–Crippen MR) is 73.1 cm³/mol. The largest absolute Gasteiger partial charge is 0.323 e. The molecule has 2 N–H and O–H groups in total. The Morgan fingerprint density at radius 2 is 1.89 bits per heavy atom. The Morgan fingerprint density at radius 1 is 1.28 bits per heavy atom. The molecule has 2 aliphatic rings. The molecule has 1 unspecified atom stereocenters. The summed E-state index contributed by atoms with van der Waals surface area (Å²) < 4.78 is 0. The average Bonchev–Trinajstić information content (AvgIpc) is 2.56. The first-order chi connectivity index (χ1) is 8.46. The lowest BCUT2D eigenvalue weighted by Gasteiger charge is -2.42. The molecular formula is C14H27N3O. The summed E-state index contributed by atoms with van der Waals surface area (Å²) >= 11 is 0. The Kier molecular flexibility index (Phi) is 3.97. The maximum absolute atomic E-state index is 12.6. The Bertz CT molecular complexity index is 308. The van der Waals surface area contributed by atoms with Gasteiger partial charge in [-0.1, -0.05) is 27.7 Å². The number of carbonyl (C=O) groups is 1. The summed E-state index contributed by atoms with van der Waals surface area (Å²) in [6.07, 6.45) is 2.04. The summed E-state index contributed by atoms with van der Waals surface area (Å²) in [5, 5.41) is 7.04. The number of amides is 1. The van der Waals surface area contributed by atoms with E-state index in [0.717, 1.165) is 32.5 Å². The van der Waals surface area contributed by atoms with Gasteiger partial charge >= 0.3 is 0 Å². The lowest BCUT2D eigenvalue weighted by atomic mass is 9.96. The van der Waals surface area contributed by atoms with Crippen LogP contribution in [0, 0.1) is 11.8 Å². The van der Waals surface area contributed by atoms with Gasteiger partial charge in [0.05, 0.1) is 11.7 Å². The summed E-state index contributed by atoms with van der Waals surface area (Å²) in [6, 6.07) is 0.00171. The van der Waals surface area contributed by atoms with Crippen LogP contribution in [-0.2, 0) is 4.79 Å². The van der Waals surface area contributed by atoms with Gasteiger partial charge in [0.25, 0.3) is 0 Å². The van der Waals surface area contributed by atoms with Gasteiger partial charge in [-0.2, -0.15) is 0 Å². The molecule has 2 fully saturated rings. The number of hydrogen-bond acceptors (Lipinski definition) is 3. The highest BCUT2D eigenvalue weighted by Crippen LogP contribution is 2.32. The minimum Gasteiger partial charge on any atom is -0.323 e. The van der Waals surface area contributed by atoms with Gasteiger partial charge in [0, 0.05) is 6.54 Å². The first kappa shape index (κ1) is 13.8. The number of hydrogen-bond donors (Lipinski definition) is 2. The molecule has 2 saturated heterocycles. The molecule has 18 heavy (non-hydrogen) atoms. The molecule has 4 heteroatoms. The summed E-state index contributed by atoms with van der Waals surface area (Å²) in [7, 11) is 0. The van der Waals surface area contributed by atoms with E-state index in [0.29, 0.717) is 17.7 Å². The monoisotopic (exact) mass is 253 g/mol. The number of nitrogens with zero attached hydrogens (tertiary/aromatic N) is 1. The van der Waals surface area contributed by atoms with Gasteiger partial charge in [-0.25, -0.2) is 0 Å². The molecule has 0 bridgehead atoms. The first-order valence-corrected chi connectivity index (χ1v) is 7.26. The van der Waals surface area contributed by atoms with Crippen LogP contribution in [-0.4, -0.2) is 42.1 Å². The first-order valence-electron chi connectivity index (χ1n) is 7.26. The van der Waals surface area contributed by atoms with E-state index < -0.39 is 0 Å². The summed E-state index contributed by atoms with van der Waals surface area (Å²) in [5.41, 5.74) is -0.0818. The van der Waals surface area contributed by atoms with Crippen LogP contribution < -0.4 is 10.6 Å². The quantitative estimate of drug-likeness (QED) is 0.794. The van der Waals surface area contributed by atoms with Crippen molar-refractivity contribution in [3.8, 4) is 0 Å². The highest BCUT2D eigenvalue weighted by Gasteiger charge is 2.51. The van der Waals surface area contributed by atoms with E-state index in [2.05, 4.69) is 43.2 Å². The average molecular weight is 253 g/mol. The minimum absolute atomic E-state index is 0.00171. The SMILES string of the molecule is CC(C)CN1C(=O)C(C(C)C)NC12CCNCC2. The van der Waals surface area contributed by atoms with E-state index in [4.69, 9.17) is 0 Å². The van der Waals surface area contributed by atoms with Crippen molar-refractivity contribution in [3.05, 3.63) is 0 Å². The van der Waals surface area contributed by atoms with Crippen molar-refractivity contribution >= 4 is 5.91 Å². The second kappa shape index (κ2) is 5.17. The lowest BCUT2D eigenvalue weighted by Crippen LogP contribution is -2.59. The number of piperidine rings is 1. The molecule has 1 amide bonds. The zero-order valence-electron chi connectivity index (χ0n) is 12.1. The number of carbonyl (C=O) groups excluding carboxylic acids is 1. The van der Waals surface area contributed by atoms with Gasteiger partial charge in [0.1, 0.15) is 0 Å². The van der Waals surface area contributed by atoms with Crippen LogP contribution in [0.4, 0.5) is 0 Å². The van der Waals surface area contributed by atoms with Crippen molar-refractivity contribution in [2.24, 2.45) is 11.8 Å². The molecule has 104 valence electrons. The van der Waals surface area contributed by atoms with Crippen LogP contribution in [0.2, 0.25) is 0 Å². The van der Waals surface area contributed by atoms with Crippen molar-refractivity contribution in [2.75, 3.05) is 19.6 Å². The third-order valence-corrected chi connectivity index (χ3v) is 4.12.